The number of hydrogen-bond acceptors (Lipinski definition) is 10. The lowest BCUT2D eigenvalue weighted by atomic mass is 9.96. The highest BCUT2D eigenvalue weighted by molar-refractivity contribution is 7.89. The summed E-state index contributed by atoms with van der Waals surface area (Å²) in [5.74, 6) is 1.05. The second-order valence-electron chi connectivity index (χ2n) is 10.5. The highest BCUT2D eigenvalue weighted by Gasteiger charge is 2.26. The summed E-state index contributed by atoms with van der Waals surface area (Å²) in [4.78, 5) is 31.2. The molecule has 3 aromatic rings. The van der Waals surface area contributed by atoms with Gasteiger partial charge in [-0.2, -0.15) is 0 Å². The Labute approximate surface area is 233 Å². The number of nitrogens with zero attached hydrogens (tertiary/aromatic N) is 5. The van der Waals surface area contributed by atoms with E-state index in [2.05, 4.69) is 25.5 Å². The number of aromatic nitrogens is 3. The molecule has 0 aromatic carbocycles. The number of likely N-dealkylation sites (tertiary alicyclic amines) is 1. The first-order valence-electron chi connectivity index (χ1n) is 13.4. The lowest BCUT2D eigenvalue weighted by molar-refractivity contribution is -0.125. The molecule has 0 unspecified atom stereocenters. The van der Waals surface area contributed by atoms with E-state index >= 15 is 0 Å². The predicted molar refractivity (Wildman–Crippen MR) is 154 cm³/mol. The zero-order valence-electron chi connectivity index (χ0n) is 22.8. The summed E-state index contributed by atoms with van der Waals surface area (Å²) >= 11 is 1.61. The number of anilines is 1. The molecule has 1 amide bonds. The van der Waals surface area contributed by atoms with Gasteiger partial charge in [0.15, 0.2) is 9.84 Å². The molecule has 39 heavy (non-hydrogen) atoms. The Balaban J connectivity index is 1.53. The zero-order chi connectivity index (χ0) is 27.6. The van der Waals surface area contributed by atoms with Crippen molar-refractivity contribution in [1.29, 1.82) is 0 Å². The molecular formula is C27H36N6O4S2. The molecule has 0 bridgehead atoms. The minimum Gasteiger partial charge on any atom is -0.481 e. The number of nitrogens with one attached hydrogen (secondary N) is 1. The number of pyridine rings is 1. The maximum Gasteiger partial charge on any atom is 0.226 e. The molecule has 2 saturated heterocycles. The zero-order valence-corrected chi connectivity index (χ0v) is 24.4. The Bertz CT molecular complexity index is 1440. The van der Waals surface area contributed by atoms with Gasteiger partial charge < -0.3 is 15.0 Å². The lowest BCUT2D eigenvalue weighted by Crippen LogP contribution is -2.39. The second-order valence-corrected chi connectivity index (χ2v) is 13.5. The highest BCUT2D eigenvalue weighted by atomic mass is 32.2. The normalized spacial score (nSPS) is 17.5. The van der Waals surface area contributed by atoms with E-state index in [4.69, 9.17) is 14.7 Å². The molecule has 0 spiro atoms. The van der Waals surface area contributed by atoms with Gasteiger partial charge in [-0.15, -0.1) is 11.3 Å². The average molecular weight is 573 g/mol. The molecule has 3 aromatic heterocycles. The fourth-order valence-electron chi connectivity index (χ4n) is 5.49. The highest BCUT2D eigenvalue weighted by Crippen LogP contribution is 2.37. The van der Waals surface area contributed by atoms with Crippen molar-refractivity contribution in [3.63, 3.8) is 0 Å². The standard InChI is InChI=1S/C27H36N6O4S2/c1-28-25(34)18-7-11-32(12-8-18)15-21-16-38-24-22(30-27(31-23(21)24)33-9-5-4-6-10-33)19-13-20(17-39(3,35)36)26(37-2)29-14-19/h13-14,16,18H,4-12,15,17H2,1-3H3,(H,28,34). The molecule has 12 heteroatoms. The molecule has 5 heterocycles. The van der Waals surface area contributed by atoms with E-state index in [1.165, 1.54) is 19.8 Å². The number of amides is 1. The van der Waals surface area contributed by atoms with Crippen LogP contribution in [-0.2, 0) is 26.9 Å². The Morgan fingerprint density at radius 1 is 1.13 bits per heavy atom. The van der Waals surface area contributed by atoms with Gasteiger partial charge in [-0.3, -0.25) is 9.69 Å². The number of carbonyl (C=O) groups excluding carboxylic acids is 1. The summed E-state index contributed by atoms with van der Waals surface area (Å²) in [5.41, 5.74) is 4.10. The van der Waals surface area contributed by atoms with Crippen molar-refractivity contribution in [1.82, 2.24) is 25.2 Å². The van der Waals surface area contributed by atoms with E-state index < -0.39 is 9.84 Å². The first-order valence-corrected chi connectivity index (χ1v) is 16.4. The molecule has 2 fully saturated rings. The average Bonchev–Trinajstić information content (AvgIpc) is 3.34. The van der Waals surface area contributed by atoms with Crippen LogP contribution in [0.2, 0.25) is 0 Å². The minimum absolute atomic E-state index is 0.0776. The molecule has 0 saturated carbocycles. The van der Waals surface area contributed by atoms with Gasteiger partial charge in [-0.25, -0.2) is 23.4 Å². The SMILES string of the molecule is CNC(=O)C1CCN(Cc2csc3c(-c4cnc(OC)c(CS(C)(=O)=O)c4)nc(N4CCCCC4)nc23)CC1. The molecule has 10 nitrogen and oxygen atoms in total. The van der Waals surface area contributed by atoms with Crippen LogP contribution in [0, 0.1) is 5.92 Å². The summed E-state index contributed by atoms with van der Waals surface area (Å²) < 4.78 is 30.6. The van der Waals surface area contributed by atoms with Gasteiger partial charge >= 0.3 is 0 Å². The van der Waals surface area contributed by atoms with Crippen LogP contribution in [0.5, 0.6) is 5.88 Å². The molecule has 2 aliphatic rings. The fourth-order valence-corrected chi connectivity index (χ4v) is 7.27. The number of ether oxygens (including phenoxy) is 1. The fraction of sp³-hybridized carbons (Fsp3) is 0.556. The minimum atomic E-state index is -3.29. The Kier molecular flexibility index (Phi) is 8.34. The molecule has 0 radical (unpaired) electrons. The second kappa shape index (κ2) is 11.7. The van der Waals surface area contributed by atoms with E-state index in [9.17, 15) is 13.2 Å². The Morgan fingerprint density at radius 2 is 1.87 bits per heavy atom. The quantitative estimate of drug-likeness (QED) is 0.434. The largest absolute Gasteiger partial charge is 0.481 e. The predicted octanol–water partition coefficient (Wildman–Crippen LogP) is 3.25. The summed E-state index contributed by atoms with van der Waals surface area (Å²) in [6, 6.07) is 1.83. The van der Waals surface area contributed by atoms with Crippen molar-refractivity contribution in [2.75, 3.05) is 51.5 Å². The summed E-state index contributed by atoms with van der Waals surface area (Å²) in [6.45, 7) is 4.32. The van der Waals surface area contributed by atoms with Gasteiger partial charge in [-0.1, -0.05) is 0 Å². The van der Waals surface area contributed by atoms with Crippen LogP contribution >= 0.6 is 11.3 Å². The van der Waals surface area contributed by atoms with Crippen molar-refractivity contribution in [3.05, 3.63) is 28.8 Å². The van der Waals surface area contributed by atoms with Gasteiger partial charge in [0.1, 0.15) is 0 Å². The lowest BCUT2D eigenvalue weighted by Gasteiger charge is -2.31. The van der Waals surface area contributed by atoms with Crippen LogP contribution < -0.4 is 15.0 Å². The number of thiophene rings is 1. The molecule has 0 atom stereocenters. The Hall–Kier alpha value is -2.83. The van der Waals surface area contributed by atoms with Gasteiger partial charge in [0.05, 0.1) is 28.8 Å². The summed E-state index contributed by atoms with van der Waals surface area (Å²) in [5, 5.41) is 4.93. The summed E-state index contributed by atoms with van der Waals surface area (Å²) in [7, 11) is -0.0944. The van der Waals surface area contributed by atoms with Gasteiger partial charge in [0.25, 0.3) is 0 Å². The first-order chi connectivity index (χ1) is 18.8. The number of fused-ring (bicyclic) bond motifs is 1. The number of hydrogen-bond donors (Lipinski definition) is 1. The molecule has 210 valence electrons. The monoisotopic (exact) mass is 572 g/mol. The van der Waals surface area contributed by atoms with Crippen LogP contribution in [-0.4, -0.2) is 80.8 Å². The van der Waals surface area contributed by atoms with E-state index in [1.807, 2.05) is 6.07 Å². The van der Waals surface area contributed by atoms with Crippen molar-refractivity contribution in [2.45, 2.75) is 44.4 Å². The number of carbonyl (C=O) groups is 1. The Morgan fingerprint density at radius 3 is 2.54 bits per heavy atom. The molecule has 0 aliphatic carbocycles. The third-order valence-electron chi connectivity index (χ3n) is 7.52. The smallest absolute Gasteiger partial charge is 0.226 e. The van der Waals surface area contributed by atoms with Crippen LogP contribution in [0.15, 0.2) is 17.6 Å². The van der Waals surface area contributed by atoms with Gasteiger partial charge in [0, 0.05) is 61.7 Å². The third kappa shape index (κ3) is 6.33. The molecular weight excluding hydrogens is 536 g/mol. The van der Waals surface area contributed by atoms with E-state index in [-0.39, 0.29) is 17.6 Å². The number of piperidine rings is 2. The van der Waals surface area contributed by atoms with Gasteiger partial charge in [0.2, 0.25) is 17.7 Å². The van der Waals surface area contributed by atoms with Crippen molar-refractivity contribution >= 4 is 43.2 Å². The van der Waals surface area contributed by atoms with Crippen LogP contribution in [0.3, 0.4) is 0 Å². The van der Waals surface area contributed by atoms with E-state index in [0.29, 0.717) is 17.4 Å². The van der Waals surface area contributed by atoms with Gasteiger partial charge in [-0.05, 0) is 56.6 Å². The summed E-state index contributed by atoms with van der Waals surface area (Å²) in [6.07, 6.45) is 8.03. The maximum atomic E-state index is 12.1. The topological polar surface area (TPSA) is 118 Å². The number of rotatable bonds is 8. The van der Waals surface area contributed by atoms with Crippen molar-refractivity contribution < 1.29 is 17.9 Å². The van der Waals surface area contributed by atoms with Crippen LogP contribution in [0.25, 0.3) is 21.5 Å². The van der Waals surface area contributed by atoms with E-state index in [1.54, 1.807) is 24.6 Å². The van der Waals surface area contributed by atoms with Crippen molar-refractivity contribution in [3.8, 4) is 17.1 Å². The van der Waals surface area contributed by atoms with Crippen LogP contribution in [0.1, 0.15) is 43.2 Å². The molecule has 2 aliphatic heterocycles. The number of methoxy groups -OCH3 is 1. The van der Waals surface area contributed by atoms with Crippen molar-refractivity contribution in [2.24, 2.45) is 5.92 Å². The van der Waals surface area contributed by atoms with E-state index in [0.717, 1.165) is 85.4 Å². The molecule has 1 N–H and O–H groups in total. The maximum absolute atomic E-state index is 12.1. The third-order valence-corrected chi connectivity index (χ3v) is 9.38. The molecule has 5 rings (SSSR count). The number of sulfone groups is 1. The van der Waals surface area contributed by atoms with Crippen LogP contribution in [0.4, 0.5) is 5.95 Å². The first kappa shape index (κ1) is 27.7.